The molecule has 0 amide bonds. The highest BCUT2D eigenvalue weighted by molar-refractivity contribution is 6.35. The van der Waals surface area contributed by atoms with Gasteiger partial charge in [0.15, 0.2) is 0 Å². The molecule has 0 aliphatic heterocycles. The van der Waals surface area contributed by atoms with Crippen molar-refractivity contribution in [3.05, 3.63) is 33.8 Å². The van der Waals surface area contributed by atoms with Gasteiger partial charge in [0.2, 0.25) is 0 Å². The van der Waals surface area contributed by atoms with Crippen LogP contribution in [0.15, 0.2) is 18.2 Å². The summed E-state index contributed by atoms with van der Waals surface area (Å²) in [6.45, 7) is 0. The van der Waals surface area contributed by atoms with Crippen LogP contribution in [0.3, 0.4) is 0 Å². The molecule has 0 saturated heterocycles. The first kappa shape index (κ1) is 9.11. The zero-order valence-electron chi connectivity index (χ0n) is 6.40. The molecule has 0 N–H and O–H groups in total. The molecule has 0 heterocycles. The predicted octanol–water partition coefficient (Wildman–Crippen LogP) is 2.32. The van der Waals surface area contributed by atoms with Crippen LogP contribution in [-0.4, -0.2) is 10.2 Å². The van der Waals surface area contributed by atoms with Gasteiger partial charge in [0, 0.05) is 20.3 Å². The first-order chi connectivity index (χ1) is 5.24. The highest BCUT2D eigenvalue weighted by atomic mass is 35.5. The molecular weight excluding hydrogens is 195 g/mol. The Kier molecular flexibility index (Phi) is 3.43. The fourth-order valence-corrected chi connectivity index (χ4v) is 2.04. The first-order valence-corrected chi connectivity index (χ1v) is 5.85. The van der Waals surface area contributed by atoms with E-state index in [2.05, 4.69) is 0 Å². The summed E-state index contributed by atoms with van der Waals surface area (Å²) >= 11 is 11.7. The van der Waals surface area contributed by atoms with Gasteiger partial charge in [-0.25, -0.2) is 0 Å². The lowest BCUT2D eigenvalue weighted by atomic mass is 10.2. The Morgan fingerprint density at radius 2 is 2.00 bits per heavy atom. The van der Waals surface area contributed by atoms with Crippen LogP contribution in [0.1, 0.15) is 5.56 Å². The summed E-state index contributed by atoms with van der Waals surface area (Å²) in [6.07, 6.45) is 1.09. The summed E-state index contributed by atoms with van der Waals surface area (Å²) in [5, 5.41) is 1.51. The molecule has 1 rings (SSSR count). The van der Waals surface area contributed by atoms with Gasteiger partial charge in [-0.05, 0) is 24.1 Å². The lowest BCUT2D eigenvalue weighted by molar-refractivity contribution is 1.13. The minimum absolute atomic E-state index is 0.715. The smallest absolute Gasteiger partial charge is 0.0452 e. The largest absolute Gasteiger partial charge is 0.0843 e. The molecule has 1 aromatic rings. The van der Waals surface area contributed by atoms with Crippen molar-refractivity contribution in [3.8, 4) is 0 Å². The fraction of sp³-hybridized carbons (Fsp3) is 0.250. The van der Waals surface area contributed by atoms with Crippen molar-refractivity contribution in [2.75, 3.05) is 0 Å². The first-order valence-electron chi connectivity index (χ1n) is 3.68. The lowest BCUT2D eigenvalue weighted by Crippen LogP contribution is -1.84. The van der Waals surface area contributed by atoms with Gasteiger partial charge >= 0.3 is 0 Å². The SMILES string of the molecule is [SiH3]CCc1ccc(Cl)cc1Cl. The minimum Gasteiger partial charge on any atom is -0.0843 e. The fourth-order valence-electron chi connectivity index (χ4n) is 0.994. The molecule has 0 aromatic heterocycles. The maximum absolute atomic E-state index is 5.94. The standard InChI is InChI=1S/C8H10Cl2Si/c9-7-2-1-6(3-4-11)8(10)5-7/h1-2,5H,3-4H2,11H3. The van der Waals surface area contributed by atoms with Gasteiger partial charge in [-0.3, -0.25) is 0 Å². The minimum atomic E-state index is 0.715. The molecular formula is C8H10Cl2Si. The molecule has 0 radical (unpaired) electrons. The topological polar surface area (TPSA) is 0 Å². The van der Waals surface area contributed by atoms with E-state index < -0.39 is 0 Å². The van der Waals surface area contributed by atoms with Crippen LogP contribution in [0.2, 0.25) is 16.1 Å². The third-order valence-electron chi connectivity index (χ3n) is 1.53. The Bertz CT molecular complexity index is 248. The van der Waals surface area contributed by atoms with Crippen LogP contribution in [-0.2, 0) is 6.42 Å². The van der Waals surface area contributed by atoms with E-state index in [1.165, 1.54) is 21.9 Å². The van der Waals surface area contributed by atoms with E-state index >= 15 is 0 Å². The van der Waals surface area contributed by atoms with Crippen molar-refractivity contribution in [2.24, 2.45) is 0 Å². The zero-order valence-corrected chi connectivity index (χ0v) is 9.91. The molecule has 0 spiro atoms. The van der Waals surface area contributed by atoms with E-state index in [0.29, 0.717) is 5.02 Å². The average Bonchev–Trinajstić information content (AvgIpc) is 1.95. The monoisotopic (exact) mass is 204 g/mol. The number of hydrogen-bond acceptors (Lipinski definition) is 0. The van der Waals surface area contributed by atoms with Crippen molar-refractivity contribution in [1.82, 2.24) is 0 Å². The van der Waals surface area contributed by atoms with Gasteiger partial charge in [0.1, 0.15) is 0 Å². The highest BCUT2D eigenvalue weighted by Gasteiger charge is 1.98. The molecule has 0 bridgehead atoms. The maximum atomic E-state index is 5.94. The molecule has 11 heavy (non-hydrogen) atoms. The van der Waals surface area contributed by atoms with Gasteiger partial charge < -0.3 is 0 Å². The third kappa shape index (κ3) is 2.51. The Hall–Kier alpha value is 0.0169. The van der Waals surface area contributed by atoms with E-state index in [0.717, 1.165) is 11.4 Å². The second-order valence-electron chi connectivity index (χ2n) is 2.49. The Morgan fingerprint density at radius 3 is 2.55 bits per heavy atom. The van der Waals surface area contributed by atoms with E-state index in [4.69, 9.17) is 23.2 Å². The van der Waals surface area contributed by atoms with Gasteiger partial charge in [0.25, 0.3) is 0 Å². The van der Waals surface area contributed by atoms with Crippen molar-refractivity contribution in [2.45, 2.75) is 12.5 Å². The van der Waals surface area contributed by atoms with E-state index in [9.17, 15) is 0 Å². The highest BCUT2D eigenvalue weighted by Crippen LogP contribution is 2.21. The zero-order chi connectivity index (χ0) is 8.27. The van der Waals surface area contributed by atoms with Crippen molar-refractivity contribution in [1.29, 1.82) is 0 Å². The van der Waals surface area contributed by atoms with E-state index in [1.807, 2.05) is 12.1 Å². The normalized spacial score (nSPS) is 10.4. The van der Waals surface area contributed by atoms with E-state index in [1.54, 1.807) is 6.07 Å². The van der Waals surface area contributed by atoms with E-state index in [-0.39, 0.29) is 0 Å². The molecule has 3 heteroatoms. The summed E-state index contributed by atoms with van der Waals surface area (Å²) in [5.41, 5.74) is 1.21. The van der Waals surface area contributed by atoms with Crippen LogP contribution in [0.4, 0.5) is 0 Å². The number of rotatable bonds is 2. The molecule has 1 aromatic carbocycles. The summed E-state index contributed by atoms with van der Waals surface area (Å²) < 4.78 is 0. The van der Waals surface area contributed by atoms with Crippen LogP contribution in [0.25, 0.3) is 0 Å². The van der Waals surface area contributed by atoms with Crippen LogP contribution < -0.4 is 0 Å². The number of aryl methyl sites for hydroxylation is 1. The second kappa shape index (κ2) is 4.15. The summed E-state index contributed by atoms with van der Waals surface area (Å²) in [6, 6.07) is 6.94. The molecule has 60 valence electrons. The number of benzene rings is 1. The quantitative estimate of drug-likeness (QED) is 0.650. The van der Waals surface area contributed by atoms with Gasteiger partial charge in [-0.15, -0.1) is 0 Å². The Morgan fingerprint density at radius 1 is 1.27 bits per heavy atom. The molecule has 0 aliphatic carbocycles. The Balaban J connectivity index is 2.90. The van der Waals surface area contributed by atoms with Crippen LogP contribution in [0.5, 0.6) is 0 Å². The summed E-state index contributed by atoms with van der Waals surface area (Å²) in [7, 11) is 1.23. The van der Waals surface area contributed by atoms with Crippen molar-refractivity contribution in [3.63, 3.8) is 0 Å². The third-order valence-corrected chi connectivity index (χ3v) is 2.62. The molecule has 0 atom stereocenters. The summed E-state index contributed by atoms with van der Waals surface area (Å²) in [4.78, 5) is 0. The van der Waals surface area contributed by atoms with Crippen molar-refractivity contribution < 1.29 is 0 Å². The maximum Gasteiger partial charge on any atom is 0.0452 e. The van der Waals surface area contributed by atoms with Crippen LogP contribution in [0, 0.1) is 0 Å². The molecule has 0 nitrogen and oxygen atoms in total. The van der Waals surface area contributed by atoms with Gasteiger partial charge in [-0.1, -0.05) is 35.3 Å². The number of halogens is 2. The van der Waals surface area contributed by atoms with Crippen LogP contribution >= 0.6 is 23.2 Å². The molecule has 0 aliphatic rings. The Labute approximate surface area is 79.9 Å². The lowest BCUT2D eigenvalue weighted by Gasteiger charge is -2.01. The van der Waals surface area contributed by atoms with Gasteiger partial charge in [0.05, 0.1) is 0 Å². The predicted molar refractivity (Wildman–Crippen MR) is 54.9 cm³/mol. The molecule has 0 fully saturated rings. The molecule has 0 unspecified atom stereocenters. The average molecular weight is 205 g/mol. The summed E-state index contributed by atoms with van der Waals surface area (Å²) in [5.74, 6) is 0. The second-order valence-corrected chi connectivity index (χ2v) is 4.33. The van der Waals surface area contributed by atoms with Crippen molar-refractivity contribution >= 4 is 33.4 Å². The number of hydrogen-bond donors (Lipinski definition) is 0. The molecule has 0 saturated carbocycles. The van der Waals surface area contributed by atoms with Gasteiger partial charge in [-0.2, -0.15) is 0 Å².